The standard InChI is InChI=1S/C19H15ClN4OS/c1-11-5-3-7-13(9-11)22-19-23-17-16(26-19)18(25)24(10-21-17)15-12(2)6-4-8-14(15)20/h3-10H,1-2H3,(H,22,23). The Labute approximate surface area is 158 Å². The quantitative estimate of drug-likeness (QED) is 0.550. The Morgan fingerprint density at radius 1 is 1.15 bits per heavy atom. The number of hydrogen-bond acceptors (Lipinski definition) is 5. The van der Waals surface area contributed by atoms with E-state index in [1.54, 1.807) is 6.07 Å². The Morgan fingerprint density at radius 2 is 1.96 bits per heavy atom. The molecule has 4 aromatic rings. The summed E-state index contributed by atoms with van der Waals surface area (Å²) in [7, 11) is 0. The predicted molar refractivity (Wildman–Crippen MR) is 107 cm³/mol. The molecule has 130 valence electrons. The highest BCUT2D eigenvalue weighted by Crippen LogP contribution is 2.27. The van der Waals surface area contributed by atoms with Gasteiger partial charge in [0.2, 0.25) is 0 Å². The molecule has 0 saturated carbocycles. The van der Waals surface area contributed by atoms with Crippen LogP contribution < -0.4 is 10.9 Å². The van der Waals surface area contributed by atoms with Crippen molar-refractivity contribution in [1.82, 2.24) is 14.5 Å². The second kappa shape index (κ2) is 6.55. The number of aromatic nitrogens is 3. The van der Waals surface area contributed by atoms with E-state index in [4.69, 9.17) is 11.6 Å². The van der Waals surface area contributed by atoms with Crippen molar-refractivity contribution in [3.05, 3.63) is 75.3 Å². The molecule has 0 atom stereocenters. The van der Waals surface area contributed by atoms with Crippen molar-refractivity contribution < 1.29 is 0 Å². The largest absolute Gasteiger partial charge is 0.331 e. The smallest absolute Gasteiger partial charge is 0.277 e. The van der Waals surface area contributed by atoms with Crippen LogP contribution in [0.4, 0.5) is 10.8 Å². The first-order valence-electron chi connectivity index (χ1n) is 8.00. The molecule has 26 heavy (non-hydrogen) atoms. The summed E-state index contributed by atoms with van der Waals surface area (Å²) in [5.74, 6) is 0. The lowest BCUT2D eigenvalue weighted by Crippen LogP contribution is -2.19. The molecular formula is C19H15ClN4OS. The lowest BCUT2D eigenvalue weighted by atomic mass is 10.2. The van der Waals surface area contributed by atoms with Crippen LogP contribution in [0.25, 0.3) is 16.0 Å². The van der Waals surface area contributed by atoms with Crippen molar-refractivity contribution in [3.63, 3.8) is 0 Å². The van der Waals surface area contributed by atoms with Crippen LogP contribution in [0, 0.1) is 13.8 Å². The number of aryl methyl sites for hydroxylation is 2. The molecule has 0 bridgehead atoms. The number of thiazole rings is 1. The first-order chi connectivity index (χ1) is 12.5. The van der Waals surface area contributed by atoms with Crippen molar-refractivity contribution in [1.29, 1.82) is 0 Å². The maximum absolute atomic E-state index is 13.0. The van der Waals surface area contributed by atoms with Crippen molar-refractivity contribution in [2.45, 2.75) is 13.8 Å². The van der Waals surface area contributed by atoms with Crippen molar-refractivity contribution in [3.8, 4) is 5.69 Å². The molecule has 0 aliphatic rings. The van der Waals surface area contributed by atoms with Gasteiger partial charge in [0.1, 0.15) is 11.0 Å². The molecule has 0 saturated heterocycles. The van der Waals surface area contributed by atoms with Crippen molar-refractivity contribution >= 4 is 44.1 Å². The van der Waals surface area contributed by atoms with Gasteiger partial charge >= 0.3 is 0 Å². The van der Waals surface area contributed by atoms with Gasteiger partial charge in [-0.2, -0.15) is 4.98 Å². The highest BCUT2D eigenvalue weighted by atomic mass is 35.5. The number of rotatable bonds is 3. The van der Waals surface area contributed by atoms with Gasteiger partial charge < -0.3 is 5.32 Å². The molecule has 1 N–H and O–H groups in total. The minimum atomic E-state index is -0.180. The summed E-state index contributed by atoms with van der Waals surface area (Å²) in [5, 5.41) is 4.38. The van der Waals surface area contributed by atoms with Crippen LogP contribution in [0.5, 0.6) is 0 Å². The summed E-state index contributed by atoms with van der Waals surface area (Å²) in [5.41, 5.74) is 3.87. The zero-order valence-corrected chi connectivity index (χ0v) is 15.7. The minimum absolute atomic E-state index is 0.180. The fourth-order valence-corrected chi connectivity index (χ4v) is 3.98. The molecule has 5 nitrogen and oxygen atoms in total. The zero-order valence-electron chi connectivity index (χ0n) is 14.2. The van der Waals surface area contributed by atoms with Crippen molar-refractivity contribution in [2.24, 2.45) is 0 Å². The number of fused-ring (bicyclic) bond motifs is 1. The van der Waals surface area contributed by atoms with E-state index in [2.05, 4.69) is 15.3 Å². The van der Waals surface area contributed by atoms with E-state index in [1.165, 1.54) is 22.2 Å². The van der Waals surface area contributed by atoms with Crippen LogP contribution in [-0.2, 0) is 0 Å². The summed E-state index contributed by atoms with van der Waals surface area (Å²) >= 11 is 7.59. The van der Waals surface area contributed by atoms with Gasteiger partial charge in [0.05, 0.1) is 10.7 Å². The molecule has 4 rings (SSSR count). The summed E-state index contributed by atoms with van der Waals surface area (Å²) in [6, 6.07) is 13.5. The molecule has 0 amide bonds. The number of anilines is 2. The molecule has 0 spiro atoms. The molecule has 2 aromatic carbocycles. The first-order valence-corrected chi connectivity index (χ1v) is 9.20. The van der Waals surface area contributed by atoms with Gasteiger partial charge in [-0.1, -0.05) is 47.2 Å². The molecule has 7 heteroatoms. The zero-order chi connectivity index (χ0) is 18.3. The van der Waals surface area contributed by atoms with Gasteiger partial charge in [-0.3, -0.25) is 9.36 Å². The molecule has 0 fully saturated rings. The second-order valence-corrected chi connectivity index (χ2v) is 7.40. The number of nitrogens with zero attached hydrogens (tertiary/aromatic N) is 3. The molecule has 2 aromatic heterocycles. The second-order valence-electron chi connectivity index (χ2n) is 5.99. The van der Waals surface area contributed by atoms with Gasteiger partial charge in [0, 0.05) is 5.69 Å². The SMILES string of the molecule is Cc1cccc(Nc2nc3ncn(-c4c(C)cccc4Cl)c(=O)c3s2)c1. The molecule has 0 radical (unpaired) electrons. The Kier molecular flexibility index (Phi) is 4.22. The Morgan fingerprint density at radius 3 is 2.73 bits per heavy atom. The maximum atomic E-state index is 13.0. The predicted octanol–water partition coefficient (Wildman–Crippen LogP) is 4.86. The van der Waals surface area contributed by atoms with E-state index in [9.17, 15) is 4.79 Å². The Hall–Kier alpha value is -2.70. The number of halogens is 1. The Balaban J connectivity index is 1.80. The Bertz CT molecular complexity index is 1160. The minimum Gasteiger partial charge on any atom is -0.331 e. The van der Waals surface area contributed by atoms with Crippen LogP contribution in [-0.4, -0.2) is 14.5 Å². The van der Waals surface area contributed by atoms with Gasteiger partial charge in [-0.05, 0) is 43.2 Å². The lowest BCUT2D eigenvalue weighted by molar-refractivity contribution is 0.952. The van der Waals surface area contributed by atoms with Crippen LogP contribution in [0.3, 0.4) is 0 Å². The number of nitrogens with one attached hydrogen (secondary N) is 1. The third-order valence-electron chi connectivity index (χ3n) is 4.02. The summed E-state index contributed by atoms with van der Waals surface area (Å²) in [4.78, 5) is 21.7. The normalized spacial score (nSPS) is 11.0. The fraction of sp³-hybridized carbons (Fsp3) is 0.105. The number of hydrogen-bond donors (Lipinski definition) is 1. The van der Waals surface area contributed by atoms with Crippen LogP contribution >= 0.6 is 22.9 Å². The van der Waals surface area contributed by atoms with Crippen molar-refractivity contribution in [2.75, 3.05) is 5.32 Å². The van der Waals surface area contributed by atoms with Gasteiger partial charge in [0.25, 0.3) is 5.56 Å². The first kappa shape index (κ1) is 16.8. The van der Waals surface area contributed by atoms with E-state index in [0.29, 0.717) is 26.2 Å². The topological polar surface area (TPSA) is 59.8 Å². The average molecular weight is 383 g/mol. The third-order valence-corrected chi connectivity index (χ3v) is 5.27. The van der Waals surface area contributed by atoms with E-state index in [0.717, 1.165) is 16.8 Å². The monoisotopic (exact) mass is 382 g/mol. The number of benzene rings is 2. The molecule has 0 aliphatic heterocycles. The molecule has 0 aliphatic carbocycles. The van der Waals surface area contributed by atoms with Crippen LogP contribution in [0.2, 0.25) is 5.02 Å². The van der Waals surface area contributed by atoms with E-state index in [1.807, 2.05) is 50.2 Å². The van der Waals surface area contributed by atoms with Gasteiger partial charge in [-0.15, -0.1) is 0 Å². The number of para-hydroxylation sites is 1. The fourth-order valence-electron chi connectivity index (χ4n) is 2.80. The highest BCUT2D eigenvalue weighted by Gasteiger charge is 2.14. The molecular weight excluding hydrogens is 368 g/mol. The van der Waals surface area contributed by atoms with Crippen LogP contribution in [0.1, 0.15) is 11.1 Å². The van der Waals surface area contributed by atoms with Crippen LogP contribution in [0.15, 0.2) is 53.6 Å². The van der Waals surface area contributed by atoms with E-state index >= 15 is 0 Å². The molecule has 0 unspecified atom stereocenters. The van der Waals surface area contributed by atoms with E-state index in [-0.39, 0.29) is 5.56 Å². The summed E-state index contributed by atoms with van der Waals surface area (Å²) in [6.07, 6.45) is 1.48. The summed E-state index contributed by atoms with van der Waals surface area (Å²) < 4.78 is 1.97. The third kappa shape index (κ3) is 2.98. The lowest BCUT2D eigenvalue weighted by Gasteiger charge is -2.10. The van der Waals surface area contributed by atoms with Gasteiger partial charge in [0.15, 0.2) is 10.8 Å². The maximum Gasteiger partial charge on any atom is 0.277 e. The van der Waals surface area contributed by atoms with Gasteiger partial charge in [-0.25, -0.2) is 4.98 Å². The highest BCUT2D eigenvalue weighted by molar-refractivity contribution is 7.22. The van der Waals surface area contributed by atoms with E-state index < -0.39 is 0 Å². The molecule has 2 heterocycles. The average Bonchev–Trinajstić information content (AvgIpc) is 3.00. The summed E-state index contributed by atoms with van der Waals surface area (Å²) in [6.45, 7) is 3.94.